The van der Waals surface area contributed by atoms with Crippen LogP contribution < -0.4 is 15.5 Å². The molecule has 1 aromatic heterocycles. The molecule has 0 saturated carbocycles. The van der Waals surface area contributed by atoms with Crippen molar-refractivity contribution in [3.05, 3.63) is 11.8 Å². The standard InChI is InChI=1S/C16H27N5O/c1-3-4-7-15(22)17-8-9-18-16-19-13(2)12-14(20-16)21-10-5-6-11-21/h12H,3-11H2,1-2H3,(H,17,22)(H,18,19,20). The summed E-state index contributed by atoms with van der Waals surface area (Å²) >= 11 is 0. The monoisotopic (exact) mass is 305 g/mol. The van der Waals surface area contributed by atoms with Crippen LogP contribution in [0.5, 0.6) is 0 Å². The minimum absolute atomic E-state index is 0.117. The molecule has 0 bridgehead atoms. The number of hydrogen-bond acceptors (Lipinski definition) is 5. The summed E-state index contributed by atoms with van der Waals surface area (Å²) in [7, 11) is 0. The Balaban J connectivity index is 1.78. The van der Waals surface area contributed by atoms with E-state index in [1.165, 1.54) is 12.8 Å². The molecule has 0 unspecified atom stereocenters. The van der Waals surface area contributed by atoms with Crippen LogP contribution >= 0.6 is 0 Å². The Morgan fingerprint density at radius 1 is 1.27 bits per heavy atom. The first-order valence-corrected chi connectivity index (χ1v) is 8.30. The van der Waals surface area contributed by atoms with E-state index in [0.29, 0.717) is 25.5 Å². The topological polar surface area (TPSA) is 70.2 Å². The molecule has 22 heavy (non-hydrogen) atoms. The maximum Gasteiger partial charge on any atom is 0.224 e. The number of nitrogens with one attached hydrogen (secondary N) is 2. The predicted molar refractivity (Wildman–Crippen MR) is 89.2 cm³/mol. The van der Waals surface area contributed by atoms with Crippen molar-refractivity contribution in [2.75, 3.05) is 36.4 Å². The third-order valence-corrected chi connectivity index (χ3v) is 3.76. The Labute approximate surface area is 132 Å². The SMILES string of the molecule is CCCCC(=O)NCCNc1nc(C)cc(N2CCCC2)n1. The van der Waals surface area contributed by atoms with Crippen LogP contribution in [0, 0.1) is 6.92 Å². The van der Waals surface area contributed by atoms with E-state index < -0.39 is 0 Å². The summed E-state index contributed by atoms with van der Waals surface area (Å²) in [4.78, 5) is 22.8. The molecule has 6 nitrogen and oxygen atoms in total. The van der Waals surface area contributed by atoms with Gasteiger partial charge in [0, 0.05) is 44.4 Å². The van der Waals surface area contributed by atoms with Gasteiger partial charge in [-0.1, -0.05) is 13.3 Å². The molecule has 0 radical (unpaired) electrons. The van der Waals surface area contributed by atoms with Gasteiger partial charge in [-0.25, -0.2) is 4.98 Å². The number of anilines is 2. The highest BCUT2D eigenvalue weighted by Gasteiger charge is 2.14. The first-order chi connectivity index (χ1) is 10.7. The lowest BCUT2D eigenvalue weighted by Gasteiger charge is -2.17. The fraction of sp³-hybridized carbons (Fsp3) is 0.688. The number of carbonyl (C=O) groups excluding carboxylic acids is 1. The zero-order chi connectivity index (χ0) is 15.8. The third-order valence-electron chi connectivity index (χ3n) is 3.76. The fourth-order valence-electron chi connectivity index (χ4n) is 2.54. The van der Waals surface area contributed by atoms with Crippen LogP contribution in [0.2, 0.25) is 0 Å². The van der Waals surface area contributed by atoms with E-state index in [-0.39, 0.29) is 5.91 Å². The molecule has 0 aromatic carbocycles. The lowest BCUT2D eigenvalue weighted by Crippen LogP contribution is -2.29. The first-order valence-electron chi connectivity index (χ1n) is 8.30. The van der Waals surface area contributed by atoms with Crippen LogP contribution in [0.3, 0.4) is 0 Å². The van der Waals surface area contributed by atoms with E-state index in [2.05, 4.69) is 32.4 Å². The van der Waals surface area contributed by atoms with E-state index in [1.807, 2.05) is 13.0 Å². The molecule has 0 spiro atoms. The van der Waals surface area contributed by atoms with Crippen molar-refractivity contribution in [2.24, 2.45) is 0 Å². The van der Waals surface area contributed by atoms with Crippen molar-refractivity contribution in [3.63, 3.8) is 0 Å². The van der Waals surface area contributed by atoms with Gasteiger partial charge in [-0.3, -0.25) is 4.79 Å². The summed E-state index contributed by atoms with van der Waals surface area (Å²) in [5.74, 6) is 1.76. The zero-order valence-corrected chi connectivity index (χ0v) is 13.7. The van der Waals surface area contributed by atoms with E-state index in [0.717, 1.165) is 37.4 Å². The van der Waals surface area contributed by atoms with Crippen LogP contribution in [0.15, 0.2) is 6.07 Å². The molecule has 1 fully saturated rings. The van der Waals surface area contributed by atoms with Gasteiger partial charge >= 0.3 is 0 Å². The van der Waals surface area contributed by atoms with E-state index in [1.54, 1.807) is 0 Å². The average Bonchev–Trinajstić information content (AvgIpc) is 3.03. The van der Waals surface area contributed by atoms with Gasteiger partial charge in [0.25, 0.3) is 0 Å². The maximum absolute atomic E-state index is 11.5. The average molecular weight is 305 g/mol. The van der Waals surface area contributed by atoms with Crippen LogP contribution in [-0.2, 0) is 4.79 Å². The molecule has 1 saturated heterocycles. The van der Waals surface area contributed by atoms with Gasteiger partial charge in [-0.2, -0.15) is 4.98 Å². The lowest BCUT2D eigenvalue weighted by molar-refractivity contribution is -0.121. The van der Waals surface area contributed by atoms with Gasteiger partial charge in [-0.15, -0.1) is 0 Å². The highest BCUT2D eigenvalue weighted by molar-refractivity contribution is 5.75. The Morgan fingerprint density at radius 2 is 2.05 bits per heavy atom. The highest BCUT2D eigenvalue weighted by Crippen LogP contribution is 2.19. The summed E-state index contributed by atoms with van der Waals surface area (Å²) in [6.07, 6.45) is 5.06. The fourth-order valence-corrected chi connectivity index (χ4v) is 2.54. The summed E-state index contributed by atoms with van der Waals surface area (Å²) in [5, 5.41) is 6.10. The number of aromatic nitrogens is 2. The molecule has 1 aliphatic rings. The summed E-state index contributed by atoms with van der Waals surface area (Å²) in [6.45, 7) is 7.45. The van der Waals surface area contributed by atoms with Crippen molar-refractivity contribution < 1.29 is 4.79 Å². The highest BCUT2D eigenvalue weighted by atomic mass is 16.1. The normalized spacial score (nSPS) is 14.2. The minimum Gasteiger partial charge on any atom is -0.356 e. The maximum atomic E-state index is 11.5. The number of carbonyl (C=O) groups is 1. The Hall–Kier alpha value is -1.85. The summed E-state index contributed by atoms with van der Waals surface area (Å²) < 4.78 is 0. The van der Waals surface area contributed by atoms with Crippen LogP contribution in [0.1, 0.15) is 44.7 Å². The molecular weight excluding hydrogens is 278 g/mol. The molecule has 1 aliphatic heterocycles. The number of amides is 1. The van der Waals surface area contributed by atoms with Gasteiger partial charge in [0.2, 0.25) is 11.9 Å². The zero-order valence-electron chi connectivity index (χ0n) is 13.7. The molecule has 0 atom stereocenters. The third kappa shape index (κ3) is 5.16. The second kappa shape index (κ2) is 8.56. The second-order valence-electron chi connectivity index (χ2n) is 5.77. The molecular formula is C16H27N5O. The van der Waals surface area contributed by atoms with Crippen molar-refractivity contribution >= 4 is 17.7 Å². The smallest absolute Gasteiger partial charge is 0.224 e. The van der Waals surface area contributed by atoms with Crippen LogP contribution in [0.25, 0.3) is 0 Å². The van der Waals surface area contributed by atoms with Crippen molar-refractivity contribution in [1.82, 2.24) is 15.3 Å². The molecule has 2 rings (SSSR count). The van der Waals surface area contributed by atoms with E-state index >= 15 is 0 Å². The van der Waals surface area contributed by atoms with Crippen LogP contribution in [0.4, 0.5) is 11.8 Å². The lowest BCUT2D eigenvalue weighted by atomic mass is 10.2. The van der Waals surface area contributed by atoms with Gasteiger partial charge in [0.1, 0.15) is 5.82 Å². The number of aryl methyl sites for hydroxylation is 1. The van der Waals surface area contributed by atoms with Crippen molar-refractivity contribution in [2.45, 2.75) is 46.0 Å². The number of nitrogens with zero attached hydrogens (tertiary/aromatic N) is 3. The van der Waals surface area contributed by atoms with Crippen molar-refractivity contribution in [1.29, 1.82) is 0 Å². The second-order valence-corrected chi connectivity index (χ2v) is 5.77. The van der Waals surface area contributed by atoms with Gasteiger partial charge < -0.3 is 15.5 Å². The number of hydrogen-bond donors (Lipinski definition) is 2. The Kier molecular flexibility index (Phi) is 6.43. The molecule has 1 aromatic rings. The predicted octanol–water partition coefficient (Wildman–Crippen LogP) is 2.10. The van der Waals surface area contributed by atoms with Crippen LogP contribution in [-0.4, -0.2) is 42.1 Å². The molecule has 122 valence electrons. The molecule has 2 heterocycles. The Morgan fingerprint density at radius 3 is 2.77 bits per heavy atom. The summed E-state index contributed by atoms with van der Waals surface area (Å²) in [6, 6.07) is 2.03. The quantitative estimate of drug-likeness (QED) is 0.720. The number of unbranched alkanes of at least 4 members (excludes halogenated alkanes) is 1. The number of rotatable bonds is 8. The van der Waals surface area contributed by atoms with Gasteiger partial charge in [-0.05, 0) is 26.2 Å². The molecule has 0 aliphatic carbocycles. The van der Waals surface area contributed by atoms with Gasteiger partial charge in [0.15, 0.2) is 0 Å². The van der Waals surface area contributed by atoms with Crippen molar-refractivity contribution in [3.8, 4) is 0 Å². The van der Waals surface area contributed by atoms with E-state index in [4.69, 9.17) is 0 Å². The molecule has 2 N–H and O–H groups in total. The van der Waals surface area contributed by atoms with E-state index in [9.17, 15) is 4.79 Å². The summed E-state index contributed by atoms with van der Waals surface area (Å²) in [5.41, 5.74) is 0.964. The minimum atomic E-state index is 0.117. The molecule has 6 heteroatoms. The van der Waals surface area contributed by atoms with Gasteiger partial charge in [0.05, 0.1) is 0 Å². The largest absolute Gasteiger partial charge is 0.356 e. The first kappa shape index (κ1) is 16.5. The Bertz CT molecular complexity index is 485. The molecule has 1 amide bonds.